The highest BCUT2D eigenvalue weighted by atomic mass is 16.5. The van der Waals surface area contributed by atoms with Gasteiger partial charge >= 0.3 is 0 Å². The molecule has 2 aliphatic heterocycles. The van der Waals surface area contributed by atoms with Gasteiger partial charge in [0, 0.05) is 31.0 Å². The Labute approximate surface area is 196 Å². The molecule has 0 aromatic heterocycles. The summed E-state index contributed by atoms with van der Waals surface area (Å²) in [5.74, 6) is 0.358. The standard InChI is InChI=1S/C27H35N3O3/c1-21(8-6-7-19-31)25(33-2)22-11-13-23(14-12-22)29-20-30(24-9-4-3-5-10-24)27(26(29)32)15-17-28-18-16-27/h3-6,8-14,21,25,28,31H,7,15-20H2,1-2H3/b8-6+/t21-,25+/m1/s1. The van der Waals surface area contributed by atoms with E-state index in [0.29, 0.717) is 13.1 Å². The van der Waals surface area contributed by atoms with Crippen LogP contribution in [0.1, 0.15) is 37.9 Å². The molecule has 2 N–H and O–H groups in total. The molecule has 1 spiro atoms. The topological polar surface area (TPSA) is 65.0 Å². The van der Waals surface area contributed by atoms with Crippen LogP contribution in [0.3, 0.4) is 0 Å². The largest absolute Gasteiger partial charge is 0.396 e. The number of rotatable bonds is 8. The third-order valence-corrected chi connectivity index (χ3v) is 6.94. The quantitative estimate of drug-likeness (QED) is 0.599. The van der Waals surface area contributed by atoms with Crippen LogP contribution in [-0.4, -0.2) is 50.0 Å². The van der Waals surface area contributed by atoms with Gasteiger partial charge in [-0.15, -0.1) is 0 Å². The maximum atomic E-state index is 13.8. The number of methoxy groups -OCH3 is 1. The lowest BCUT2D eigenvalue weighted by atomic mass is 9.86. The minimum absolute atomic E-state index is 0.0835. The fourth-order valence-electron chi connectivity index (χ4n) is 5.15. The number of amides is 1. The van der Waals surface area contributed by atoms with E-state index in [1.807, 2.05) is 41.3 Å². The Morgan fingerprint density at radius 1 is 1.09 bits per heavy atom. The van der Waals surface area contributed by atoms with Gasteiger partial charge in [-0.2, -0.15) is 0 Å². The molecule has 0 saturated carbocycles. The third kappa shape index (κ3) is 4.69. The van der Waals surface area contributed by atoms with Crippen molar-refractivity contribution in [3.8, 4) is 0 Å². The van der Waals surface area contributed by atoms with Gasteiger partial charge in [-0.05, 0) is 62.2 Å². The van der Waals surface area contributed by atoms with Crippen molar-refractivity contribution in [3.05, 3.63) is 72.3 Å². The monoisotopic (exact) mass is 449 g/mol. The minimum Gasteiger partial charge on any atom is -0.396 e. The fourth-order valence-corrected chi connectivity index (χ4v) is 5.15. The first-order chi connectivity index (χ1) is 16.1. The van der Waals surface area contributed by atoms with E-state index < -0.39 is 5.54 Å². The smallest absolute Gasteiger partial charge is 0.254 e. The second kappa shape index (κ2) is 10.5. The number of ether oxygens (including phenoxy) is 1. The molecule has 6 heteroatoms. The molecule has 0 radical (unpaired) electrons. The van der Waals surface area contributed by atoms with Gasteiger partial charge in [-0.1, -0.05) is 49.4 Å². The minimum atomic E-state index is -0.494. The number of benzene rings is 2. The predicted octanol–water partition coefficient (Wildman–Crippen LogP) is 3.88. The van der Waals surface area contributed by atoms with E-state index >= 15 is 0 Å². The van der Waals surface area contributed by atoms with Gasteiger partial charge in [-0.3, -0.25) is 9.69 Å². The maximum Gasteiger partial charge on any atom is 0.254 e. The number of anilines is 2. The zero-order chi connectivity index (χ0) is 23.3. The zero-order valence-electron chi connectivity index (χ0n) is 19.6. The van der Waals surface area contributed by atoms with Crippen LogP contribution in [0.2, 0.25) is 0 Å². The summed E-state index contributed by atoms with van der Waals surface area (Å²) in [6.45, 7) is 4.50. The van der Waals surface area contributed by atoms with Crippen molar-refractivity contribution in [2.45, 2.75) is 37.8 Å². The van der Waals surface area contributed by atoms with Gasteiger partial charge in [0.25, 0.3) is 5.91 Å². The van der Waals surface area contributed by atoms with Crippen LogP contribution in [0, 0.1) is 5.92 Å². The van der Waals surface area contributed by atoms with Crippen LogP contribution >= 0.6 is 0 Å². The number of aliphatic hydroxyl groups excluding tert-OH is 1. The van der Waals surface area contributed by atoms with Crippen molar-refractivity contribution in [1.82, 2.24) is 5.32 Å². The third-order valence-electron chi connectivity index (χ3n) is 6.94. The summed E-state index contributed by atoms with van der Waals surface area (Å²) < 4.78 is 5.77. The molecule has 6 nitrogen and oxygen atoms in total. The number of nitrogens with zero attached hydrogens (tertiary/aromatic N) is 2. The van der Waals surface area contributed by atoms with Gasteiger partial charge < -0.3 is 20.1 Å². The van der Waals surface area contributed by atoms with E-state index in [4.69, 9.17) is 9.84 Å². The molecule has 0 aliphatic carbocycles. The Morgan fingerprint density at radius 2 is 1.79 bits per heavy atom. The Balaban J connectivity index is 1.58. The highest BCUT2D eigenvalue weighted by Gasteiger charge is 2.53. The van der Waals surface area contributed by atoms with Gasteiger partial charge in [-0.25, -0.2) is 0 Å². The Bertz CT molecular complexity index is 939. The summed E-state index contributed by atoms with van der Waals surface area (Å²) >= 11 is 0. The Kier molecular flexibility index (Phi) is 7.48. The lowest BCUT2D eigenvalue weighted by Crippen LogP contribution is -2.55. The van der Waals surface area contributed by atoms with Gasteiger partial charge in [0.1, 0.15) is 5.54 Å². The first-order valence-electron chi connectivity index (χ1n) is 11.9. The number of para-hydroxylation sites is 1. The summed E-state index contributed by atoms with van der Waals surface area (Å²) in [6.07, 6.45) is 6.24. The van der Waals surface area contributed by atoms with Crippen molar-refractivity contribution in [3.63, 3.8) is 0 Å². The molecule has 0 unspecified atom stereocenters. The Morgan fingerprint density at radius 3 is 2.42 bits per heavy atom. The maximum absolute atomic E-state index is 13.8. The van der Waals surface area contributed by atoms with Crippen LogP contribution in [-0.2, 0) is 9.53 Å². The fraction of sp³-hybridized carbons (Fsp3) is 0.444. The van der Waals surface area contributed by atoms with E-state index in [0.717, 1.165) is 42.9 Å². The number of hydrogen-bond acceptors (Lipinski definition) is 5. The highest BCUT2D eigenvalue weighted by Crippen LogP contribution is 2.40. The number of nitrogens with one attached hydrogen (secondary N) is 1. The number of carbonyl (C=O) groups excluding carboxylic acids is 1. The molecule has 33 heavy (non-hydrogen) atoms. The summed E-state index contributed by atoms with van der Waals surface area (Å²) in [6, 6.07) is 18.5. The molecule has 2 aromatic rings. The van der Waals surface area contributed by atoms with E-state index in [1.54, 1.807) is 7.11 Å². The highest BCUT2D eigenvalue weighted by molar-refractivity contribution is 6.06. The molecule has 176 valence electrons. The van der Waals surface area contributed by atoms with E-state index in [2.05, 4.69) is 47.5 Å². The summed E-state index contributed by atoms with van der Waals surface area (Å²) in [5, 5.41) is 12.4. The summed E-state index contributed by atoms with van der Waals surface area (Å²) in [5.41, 5.74) is 2.59. The summed E-state index contributed by atoms with van der Waals surface area (Å²) in [4.78, 5) is 18.0. The van der Waals surface area contributed by atoms with Crippen LogP contribution in [0.25, 0.3) is 0 Å². The molecule has 2 aliphatic rings. The molecule has 2 aromatic carbocycles. The van der Waals surface area contributed by atoms with Crippen LogP contribution in [0.4, 0.5) is 11.4 Å². The van der Waals surface area contributed by atoms with Crippen molar-refractivity contribution < 1.29 is 14.6 Å². The van der Waals surface area contributed by atoms with Crippen molar-refractivity contribution in [2.75, 3.05) is 43.3 Å². The first-order valence-corrected chi connectivity index (χ1v) is 11.9. The lowest BCUT2D eigenvalue weighted by Gasteiger charge is -2.39. The molecular formula is C27H35N3O3. The lowest BCUT2D eigenvalue weighted by molar-refractivity contribution is -0.122. The molecule has 2 saturated heterocycles. The van der Waals surface area contributed by atoms with E-state index in [9.17, 15) is 4.79 Å². The number of aliphatic hydroxyl groups is 1. The number of carbonyl (C=O) groups is 1. The molecule has 2 fully saturated rings. The normalized spacial score (nSPS) is 20.0. The molecule has 4 rings (SSSR count). The van der Waals surface area contributed by atoms with Crippen LogP contribution in [0.15, 0.2) is 66.7 Å². The van der Waals surface area contributed by atoms with Crippen molar-refractivity contribution >= 4 is 17.3 Å². The molecule has 2 heterocycles. The van der Waals surface area contributed by atoms with Crippen molar-refractivity contribution in [1.29, 1.82) is 0 Å². The van der Waals surface area contributed by atoms with E-state index in [1.165, 1.54) is 0 Å². The van der Waals surface area contributed by atoms with Crippen molar-refractivity contribution in [2.24, 2.45) is 5.92 Å². The second-order valence-corrected chi connectivity index (χ2v) is 8.97. The zero-order valence-corrected chi connectivity index (χ0v) is 19.6. The predicted molar refractivity (Wildman–Crippen MR) is 132 cm³/mol. The molecular weight excluding hydrogens is 414 g/mol. The average molecular weight is 450 g/mol. The molecule has 2 atom stereocenters. The summed E-state index contributed by atoms with van der Waals surface area (Å²) in [7, 11) is 1.72. The molecule has 0 bridgehead atoms. The van der Waals surface area contributed by atoms with Gasteiger partial charge in [0.2, 0.25) is 0 Å². The van der Waals surface area contributed by atoms with Crippen LogP contribution < -0.4 is 15.1 Å². The SMILES string of the molecule is CO[C@H](c1ccc(N2CN(c3ccccc3)C3(CCNCC3)C2=O)cc1)[C@H](C)/C=C/CCO. The molecule has 1 amide bonds. The van der Waals surface area contributed by atoms with Gasteiger partial charge in [0.15, 0.2) is 0 Å². The Hall–Kier alpha value is -2.67. The second-order valence-electron chi connectivity index (χ2n) is 8.97. The van der Waals surface area contributed by atoms with Gasteiger partial charge in [0.05, 0.1) is 12.8 Å². The van der Waals surface area contributed by atoms with Crippen LogP contribution in [0.5, 0.6) is 0 Å². The van der Waals surface area contributed by atoms with E-state index in [-0.39, 0.29) is 24.5 Å². The average Bonchev–Trinajstić information content (AvgIpc) is 3.13. The number of piperidine rings is 1. The number of hydrogen-bond donors (Lipinski definition) is 2. The first kappa shape index (κ1) is 23.5.